The number of hydrogen-bond acceptors (Lipinski definition) is 7. The highest BCUT2D eigenvalue weighted by atomic mass is 32.2. The van der Waals surface area contributed by atoms with Gasteiger partial charge in [0.25, 0.3) is 15.9 Å². The first-order chi connectivity index (χ1) is 16.9. The Bertz CT molecular complexity index is 1440. The number of nitrogens with one attached hydrogen (secondary N) is 2. The zero-order chi connectivity index (χ0) is 26.1. The molecule has 12 heteroatoms. The van der Waals surface area contributed by atoms with Gasteiger partial charge in [-0.1, -0.05) is 19.0 Å². The third kappa shape index (κ3) is 5.77. The first kappa shape index (κ1) is 25.9. The van der Waals surface area contributed by atoms with Gasteiger partial charge in [0, 0.05) is 30.4 Å². The van der Waals surface area contributed by atoms with Crippen molar-refractivity contribution in [3.8, 4) is 0 Å². The molecular weight excluding hydrogens is 504 g/mol. The lowest BCUT2D eigenvalue weighted by molar-refractivity contribution is 0.102. The van der Waals surface area contributed by atoms with E-state index in [1.54, 1.807) is 6.92 Å². The van der Waals surface area contributed by atoms with E-state index in [1.807, 2.05) is 13.8 Å². The van der Waals surface area contributed by atoms with Gasteiger partial charge in [0.1, 0.15) is 5.76 Å². The zero-order valence-electron chi connectivity index (χ0n) is 20.1. The molecular formula is C24H28N4O6S2. The van der Waals surface area contributed by atoms with Crippen molar-refractivity contribution in [2.75, 3.05) is 23.1 Å². The van der Waals surface area contributed by atoms with Crippen LogP contribution in [0.4, 0.5) is 11.5 Å². The lowest BCUT2D eigenvalue weighted by atomic mass is 9.94. The highest BCUT2D eigenvalue weighted by Gasteiger charge is 2.31. The van der Waals surface area contributed by atoms with Crippen LogP contribution in [0.25, 0.3) is 0 Å². The third-order valence-electron chi connectivity index (χ3n) is 5.88. The van der Waals surface area contributed by atoms with Crippen LogP contribution in [0.2, 0.25) is 0 Å². The molecule has 1 aliphatic heterocycles. The van der Waals surface area contributed by atoms with Crippen LogP contribution in [0.1, 0.15) is 36.4 Å². The Morgan fingerprint density at radius 2 is 1.53 bits per heavy atom. The number of nitrogens with zero attached hydrogens (tertiary/aromatic N) is 2. The van der Waals surface area contributed by atoms with Crippen molar-refractivity contribution in [2.24, 2.45) is 11.8 Å². The number of carbonyl (C=O) groups is 1. The fraction of sp³-hybridized carbons (Fsp3) is 0.333. The molecule has 0 bridgehead atoms. The topological polar surface area (TPSA) is 139 Å². The first-order valence-corrected chi connectivity index (χ1v) is 14.3. The van der Waals surface area contributed by atoms with Gasteiger partial charge in [0.15, 0.2) is 5.82 Å². The number of anilines is 2. The average molecular weight is 533 g/mol. The Balaban J connectivity index is 1.42. The largest absolute Gasteiger partial charge is 0.360 e. The molecule has 2 aromatic carbocycles. The van der Waals surface area contributed by atoms with Crippen LogP contribution in [-0.2, 0) is 20.0 Å². The molecule has 1 fully saturated rings. The highest BCUT2D eigenvalue weighted by Crippen LogP contribution is 2.27. The molecule has 0 saturated carbocycles. The molecule has 2 unspecified atom stereocenters. The molecule has 0 spiro atoms. The van der Waals surface area contributed by atoms with Gasteiger partial charge < -0.3 is 9.84 Å². The van der Waals surface area contributed by atoms with Gasteiger partial charge in [-0.05, 0) is 73.7 Å². The monoisotopic (exact) mass is 532 g/mol. The molecule has 1 amide bonds. The molecule has 1 saturated heterocycles. The Hall–Kier alpha value is -3.22. The van der Waals surface area contributed by atoms with Gasteiger partial charge >= 0.3 is 0 Å². The number of piperidine rings is 1. The minimum atomic E-state index is -3.88. The molecule has 36 heavy (non-hydrogen) atoms. The summed E-state index contributed by atoms with van der Waals surface area (Å²) >= 11 is 0. The fourth-order valence-electron chi connectivity index (χ4n) is 4.26. The summed E-state index contributed by atoms with van der Waals surface area (Å²) in [6.07, 6.45) is 0.996. The van der Waals surface area contributed by atoms with Crippen LogP contribution in [0.15, 0.2) is 68.9 Å². The second-order valence-corrected chi connectivity index (χ2v) is 12.8. The van der Waals surface area contributed by atoms with Crippen molar-refractivity contribution in [1.82, 2.24) is 9.46 Å². The molecule has 3 aromatic rings. The average Bonchev–Trinajstić information content (AvgIpc) is 3.22. The number of carbonyl (C=O) groups excluding carboxylic acids is 1. The predicted molar refractivity (Wildman–Crippen MR) is 135 cm³/mol. The highest BCUT2D eigenvalue weighted by molar-refractivity contribution is 7.92. The Morgan fingerprint density at radius 1 is 0.944 bits per heavy atom. The molecule has 2 heterocycles. The molecule has 2 N–H and O–H groups in total. The molecule has 1 aliphatic rings. The van der Waals surface area contributed by atoms with Crippen molar-refractivity contribution >= 4 is 37.5 Å². The number of rotatable bonds is 7. The second kappa shape index (κ2) is 10.0. The van der Waals surface area contributed by atoms with Gasteiger partial charge in [-0.15, -0.1) is 0 Å². The molecule has 10 nitrogen and oxygen atoms in total. The van der Waals surface area contributed by atoms with E-state index < -0.39 is 26.0 Å². The fourth-order valence-corrected chi connectivity index (χ4v) is 6.92. The quantitative estimate of drug-likeness (QED) is 0.473. The maximum atomic E-state index is 13.0. The maximum Gasteiger partial charge on any atom is 0.263 e. The number of hydrogen-bond donors (Lipinski definition) is 2. The van der Waals surface area contributed by atoms with E-state index >= 15 is 0 Å². The van der Waals surface area contributed by atoms with Gasteiger partial charge in [-0.3, -0.25) is 9.52 Å². The van der Waals surface area contributed by atoms with E-state index in [2.05, 4.69) is 15.2 Å². The van der Waals surface area contributed by atoms with Crippen molar-refractivity contribution in [1.29, 1.82) is 0 Å². The minimum absolute atomic E-state index is 0.0166. The maximum absolute atomic E-state index is 13.0. The van der Waals surface area contributed by atoms with E-state index in [4.69, 9.17) is 4.52 Å². The standard InChI is InChI=1S/C24H28N4O6S2/c1-16-12-17(2)15-28(14-16)36(32,33)22-8-4-19(5-9-22)24(29)25-20-6-10-21(11-7-20)35(30,31)27-23-13-18(3)34-26-23/h4-11,13,16-17H,12,14-15H2,1-3H3,(H,25,29)(H,26,27). The van der Waals surface area contributed by atoms with Crippen molar-refractivity contribution in [3.05, 3.63) is 65.9 Å². The van der Waals surface area contributed by atoms with Crippen LogP contribution in [0, 0.1) is 18.8 Å². The van der Waals surface area contributed by atoms with E-state index in [-0.39, 0.29) is 33.0 Å². The summed E-state index contributed by atoms with van der Waals surface area (Å²) in [6, 6.07) is 12.8. The van der Waals surface area contributed by atoms with Crippen LogP contribution >= 0.6 is 0 Å². The molecule has 192 valence electrons. The molecule has 1 aromatic heterocycles. The van der Waals surface area contributed by atoms with Gasteiger partial charge in [-0.2, -0.15) is 4.31 Å². The van der Waals surface area contributed by atoms with Crippen LogP contribution < -0.4 is 10.0 Å². The summed E-state index contributed by atoms with van der Waals surface area (Å²) in [5, 5.41) is 6.29. The summed E-state index contributed by atoms with van der Waals surface area (Å²) in [5.74, 6) is 0.659. The summed E-state index contributed by atoms with van der Waals surface area (Å²) in [7, 11) is -7.52. The number of aromatic nitrogens is 1. The zero-order valence-corrected chi connectivity index (χ0v) is 21.8. The summed E-state index contributed by atoms with van der Waals surface area (Å²) in [4.78, 5) is 12.8. The lowest BCUT2D eigenvalue weighted by Crippen LogP contribution is -2.42. The summed E-state index contributed by atoms with van der Waals surface area (Å²) in [5.41, 5.74) is 0.651. The Kier molecular flexibility index (Phi) is 7.21. The molecule has 2 atom stereocenters. The normalized spacial score (nSPS) is 19.1. The number of benzene rings is 2. The smallest absolute Gasteiger partial charge is 0.263 e. The van der Waals surface area contributed by atoms with E-state index in [1.165, 1.54) is 58.9 Å². The van der Waals surface area contributed by atoms with Gasteiger partial charge in [0.2, 0.25) is 10.0 Å². The van der Waals surface area contributed by atoms with Crippen molar-refractivity contribution in [2.45, 2.75) is 37.0 Å². The Labute approximate surface area is 210 Å². The van der Waals surface area contributed by atoms with Crippen molar-refractivity contribution in [3.63, 3.8) is 0 Å². The van der Waals surface area contributed by atoms with Crippen molar-refractivity contribution < 1.29 is 26.2 Å². The molecule has 4 rings (SSSR count). The number of aryl methyl sites for hydroxylation is 1. The number of amides is 1. The van der Waals surface area contributed by atoms with E-state index in [9.17, 15) is 21.6 Å². The van der Waals surface area contributed by atoms with Gasteiger partial charge in [-0.25, -0.2) is 16.8 Å². The first-order valence-electron chi connectivity index (χ1n) is 11.4. The number of sulfonamides is 2. The van der Waals surface area contributed by atoms with E-state index in [0.29, 0.717) is 24.5 Å². The minimum Gasteiger partial charge on any atom is -0.360 e. The van der Waals surface area contributed by atoms with Crippen LogP contribution in [0.3, 0.4) is 0 Å². The summed E-state index contributed by atoms with van der Waals surface area (Å²) in [6.45, 7) is 6.69. The third-order valence-corrected chi connectivity index (χ3v) is 9.10. The predicted octanol–water partition coefficient (Wildman–Crippen LogP) is 3.70. The van der Waals surface area contributed by atoms with Gasteiger partial charge in [0.05, 0.1) is 9.79 Å². The summed E-state index contributed by atoms with van der Waals surface area (Å²) < 4.78 is 59.8. The van der Waals surface area contributed by atoms with Crippen LogP contribution in [-0.4, -0.2) is 45.3 Å². The van der Waals surface area contributed by atoms with Crippen LogP contribution in [0.5, 0.6) is 0 Å². The Morgan fingerprint density at radius 3 is 2.08 bits per heavy atom. The second-order valence-electron chi connectivity index (χ2n) is 9.20. The molecule has 0 radical (unpaired) electrons. The molecule has 0 aliphatic carbocycles. The lowest BCUT2D eigenvalue weighted by Gasteiger charge is -2.34. The SMILES string of the molecule is Cc1cc(NS(=O)(=O)c2ccc(NC(=O)c3ccc(S(=O)(=O)N4CC(C)CC(C)C4)cc3)cc2)no1. The van der Waals surface area contributed by atoms with E-state index in [0.717, 1.165) is 6.42 Å².